The average molecular weight is 1690 g/mol. The van der Waals surface area contributed by atoms with Gasteiger partial charge < -0.3 is 18.3 Å². The van der Waals surface area contributed by atoms with E-state index in [0.717, 1.165) is 205 Å². The Hall–Kier alpha value is -16.3. The number of nitrogens with zero attached hydrogens (tertiary/aromatic N) is 6. The Morgan fingerprint density at radius 1 is 0.223 bits per heavy atom. The van der Waals surface area contributed by atoms with Crippen molar-refractivity contribution in [3.63, 3.8) is 0 Å². The summed E-state index contributed by atoms with van der Waals surface area (Å²) in [4.78, 5) is 0. The predicted molar refractivity (Wildman–Crippen MR) is 520 cm³/mol. The molecule has 18 aromatic carbocycles. The zero-order valence-electron chi connectivity index (χ0n) is 71.4. The standard InChI is InChI=1S/C118H78F6N6/c1-70-24-6-11-29-85(70)77-48-54-107-101(58-77)92-36-18-22-40-105(92)127(107)113-64-83(68-125)99(90-34-16-20-38-103(90)117(119,120)121)66-115(113)128-106-41-23-19-37-93(106)102-59-78(49-55-108(102)128)98-57-75(43-42-74(98)5)56-76-28-10-15-33-89(76)82-47-53-97-96-52-46-81(88-32-14-9-27-73(88)4)62-111(96)130(112(97)63-82)116-67-100(91-35-17-21-39-104(91)118(122,123)124)84(69-126)65-114(116)129-109-60-79(86-30-12-7-25-71(86)2)44-50-94(109)95-51-45-80(61-110(95)129)87-31-13-8-26-72(87)3/h6-55,57-67H,56H2,1-5H3. The molecule has 0 unspecified atom stereocenters. The number of rotatable bonds is 14. The summed E-state index contributed by atoms with van der Waals surface area (Å²) in [7, 11) is 0. The lowest BCUT2D eigenvalue weighted by atomic mass is 9.91. The molecule has 0 aliphatic rings. The van der Waals surface area contributed by atoms with Crippen molar-refractivity contribution in [2.45, 2.75) is 53.4 Å². The highest BCUT2D eigenvalue weighted by atomic mass is 19.4. The molecule has 0 amide bonds. The Bertz CT molecular complexity index is 8500. The maximum absolute atomic E-state index is 15.8. The number of nitriles is 2. The maximum atomic E-state index is 15.8. The molecule has 0 spiro atoms. The van der Waals surface area contributed by atoms with Crippen LogP contribution >= 0.6 is 0 Å². The molecule has 6 nitrogen and oxygen atoms in total. The monoisotopic (exact) mass is 1690 g/mol. The lowest BCUT2D eigenvalue weighted by Gasteiger charge is -2.21. The SMILES string of the molecule is Cc1ccccc1-c1ccc2c(c1)c1ccccc1n2-c1cc(C#N)c(-c2ccccc2C(F)(F)F)cc1-n1c2ccccc2c2cc(-c3cc(Cc4ccccc4-c4ccc5c6ccc(-c7ccccc7C)cc6n(-c6cc(-c7ccccc7C(F)(F)F)c(C#N)cc6-n6c7cc(-c8ccccc8C)ccc7c7ccc(-c8ccccc8C)cc76)c5c4)ccc3C)ccc21. The Labute approximate surface area is 746 Å². The molecule has 0 radical (unpaired) electrons. The highest BCUT2D eigenvalue weighted by Gasteiger charge is 2.37. The molecule has 0 N–H and O–H groups in total. The Kier molecular flexibility index (Phi) is 19.0. The first-order chi connectivity index (χ1) is 63.2. The highest BCUT2D eigenvalue weighted by molar-refractivity contribution is 6.16. The number of para-hydroxylation sites is 2. The van der Waals surface area contributed by atoms with Crippen molar-refractivity contribution in [3.05, 3.63) is 431 Å². The molecule has 0 bridgehead atoms. The summed E-state index contributed by atoms with van der Waals surface area (Å²) in [5.41, 5.74) is 26.7. The van der Waals surface area contributed by atoms with Gasteiger partial charge in [-0.05, 0) is 255 Å². The first-order valence-electron chi connectivity index (χ1n) is 43.4. The van der Waals surface area contributed by atoms with Gasteiger partial charge in [-0.3, -0.25) is 0 Å². The lowest BCUT2D eigenvalue weighted by molar-refractivity contribution is -0.137. The van der Waals surface area contributed by atoms with Crippen LogP contribution in [0.4, 0.5) is 26.3 Å². The van der Waals surface area contributed by atoms with E-state index in [0.29, 0.717) is 29.2 Å². The van der Waals surface area contributed by atoms with Gasteiger partial charge in [-0.1, -0.05) is 273 Å². The van der Waals surface area contributed by atoms with Gasteiger partial charge in [-0.25, -0.2) is 0 Å². The van der Waals surface area contributed by atoms with Crippen molar-refractivity contribution in [2.75, 3.05) is 0 Å². The van der Waals surface area contributed by atoms with E-state index in [9.17, 15) is 10.5 Å². The van der Waals surface area contributed by atoms with Crippen molar-refractivity contribution in [3.8, 4) is 124 Å². The third kappa shape index (κ3) is 13.2. The van der Waals surface area contributed by atoms with Gasteiger partial charge in [0, 0.05) is 54.2 Å². The molecule has 0 fully saturated rings. The summed E-state index contributed by atoms with van der Waals surface area (Å²) in [5, 5.41) is 30.5. The fourth-order valence-electron chi connectivity index (χ4n) is 20.3. The van der Waals surface area contributed by atoms with Crippen LogP contribution in [0.25, 0.3) is 199 Å². The molecule has 0 saturated heterocycles. The van der Waals surface area contributed by atoms with E-state index in [1.54, 1.807) is 30.3 Å². The molecule has 22 rings (SSSR count). The first-order valence-corrected chi connectivity index (χ1v) is 43.4. The van der Waals surface area contributed by atoms with Gasteiger partial charge in [-0.2, -0.15) is 36.9 Å². The summed E-state index contributed by atoms with van der Waals surface area (Å²) in [5.74, 6) is 0. The zero-order valence-corrected chi connectivity index (χ0v) is 71.4. The van der Waals surface area contributed by atoms with Gasteiger partial charge >= 0.3 is 12.4 Å². The molecule has 4 aromatic heterocycles. The molecule has 622 valence electrons. The fraction of sp³-hybridized carbons (Fsp3) is 0.0678. The number of fused-ring (bicyclic) bond motifs is 12. The number of hydrogen-bond acceptors (Lipinski definition) is 2. The second kappa shape index (κ2) is 31.1. The summed E-state index contributed by atoms with van der Waals surface area (Å²) < 4.78 is 102. The Balaban J connectivity index is 0.722. The minimum Gasteiger partial charge on any atom is -0.307 e. The van der Waals surface area contributed by atoms with Gasteiger partial charge in [0.15, 0.2) is 0 Å². The number of benzene rings is 18. The van der Waals surface area contributed by atoms with E-state index < -0.39 is 23.5 Å². The predicted octanol–water partition coefficient (Wildman–Crippen LogP) is 32.3. The molecular weight excluding hydrogens is 1620 g/mol. The summed E-state index contributed by atoms with van der Waals surface area (Å²) in [6, 6.07) is 126. The van der Waals surface area contributed by atoms with E-state index in [4.69, 9.17) is 0 Å². The molecule has 0 aliphatic heterocycles. The van der Waals surface area contributed by atoms with Crippen molar-refractivity contribution in [1.29, 1.82) is 10.5 Å². The third-order valence-corrected chi connectivity index (χ3v) is 26.5. The lowest BCUT2D eigenvalue weighted by Crippen LogP contribution is -2.09. The number of aryl methyl sites for hydroxylation is 5. The molecule has 0 saturated carbocycles. The van der Waals surface area contributed by atoms with Crippen LogP contribution in [0.5, 0.6) is 0 Å². The Morgan fingerprint density at radius 2 is 0.508 bits per heavy atom. The van der Waals surface area contributed by atoms with Crippen LogP contribution in [0.15, 0.2) is 370 Å². The smallest absolute Gasteiger partial charge is 0.307 e. The van der Waals surface area contributed by atoms with E-state index in [-0.39, 0.29) is 33.4 Å². The Morgan fingerprint density at radius 3 is 0.892 bits per heavy atom. The van der Waals surface area contributed by atoms with Gasteiger partial charge in [0.1, 0.15) is 0 Å². The molecule has 130 heavy (non-hydrogen) atoms. The number of hydrogen-bond donors (Lipinski definition) is 0. The van der Waals surface area contributed by atoms with Crippen LogP contribution in [-0.2, 0) is 18.8 Å². The van der Waals surface area contributed by atoms with Gasteiger partial charge in [-0.15, -0.1) is 0 Å². The molecule has 12 heteroatoms. The summed E-state index contributed by atoms with van der Waals surface area (Å²) in [6.45, 7) is 10.5. The van der Waals surface area contributed by atoms with Crippen LogP contribution in [0.1, 0.15) is 61.2 Å². The molecule has 4 heterocycles. The highest BCUT2D eigenvalue weighted by Crippen LogP contribution is 2.50. The minimum atomic E-state index is -4.79. The summed E-state index contributed by atoms with van der Waals surface area (Å²) in [6.07, 6.45) is -9.02. The normalized spacial score (nSPS) is 12.0. The van der Waals surface area contributed by atoms with Crippen molar-refractivity contribution < 1.29 is 26.3 Å². The number of alkyl halides is 6. The van der Waals surface area contributed by atoms with Crippen LogP contribution in [0.2, 0.25) is 0 Å². The number of aromatic nitrogens is 4. The van der Waals surface area contributed by atoms with Gasteiger partial charge in [0.05, 0.1) is 101 Å². The van der Waals surface area contributed by atoms with Crippen molar-refractivity contribution >= 4 is 87.2 Å². The fourth-order valence-corrected chi connectivity index (χ4v) is 20.3. The average Bonchev–Trinajstić information content (AvgIpc) is 1.55. The van der Waals surface area contributed by atoms with Crippen LogP contribution < -0.4 is 0 Å². The zero-order chi connectivity index (χ0) is 88.7. The summed E-state index contributed by atoms with van der Waals surface area (Å²) >= 11 is 0. The second-order valence-corrected chi connectivity index (χ2v) is 34.1. The van der Waals surface area contributed by atoms with E-state index in [1.165, 1.54) is 24.3 Å². The molecule has 0 atom stereocenters. The largest absolute Gasteiger partial charge is 0.417 e. The third-order valence-electron chi connectivity index (χ3n) is 26.5. The van der Waals surface area contributed by atoms with Gasteiger partial charge in [0.25, 0.3) is 0 Å². The minimum absolute atomic E-state index is 0.0614. The van der Waals surface area contributed by atoms with Gasteiger partial charge in [0.2, 0.25) is 0 Å². The van der Waals surface area contributed by atoms with E-state index in [2.05, 4.69) is 283 Å². The van der Waals surface area contributed by atoms with Crippen molar-refractivity contribution in [1.82, 2.24) is 18.3 Å². The molecule has 0 aliphatic carbocycles. The van der Waals surface area contributed by atoms with Crippen LogP contribution in [0, 0.1) is 57.3 Å². The quantitative estimate of drug-likeness (QED) is 0.102. The second-order valence-electron chi connectivity index (χ2n) is 34.1. The van der Waals surface area contributed by atoms with Crippen molar-refractivity contribution in [2.24, 2.45) is 0 Å². The molecule has 22 aromatic rings. The van der Waals surface area contributed by atoms with E-state index in [1.807, 2.05) is 84.9 Å². The van der Waals surface area contributed by atoms with Crippen LogP contribution in [0.3, 0.4) is 0 Å². The first kappa shape index (κ1) is 79.6. The topological polar surface area (TPSA) is 67.3 Å². The molecular formula is C118H78F6N6. The number of halogens is 6. The van der Waals surface area contributed by atoms with E-state index >= 15 is 26.3 Å². The van der Waals surface area contributed by atoms with Crippen LogP contribution in [-0.4, -0.2) is 18.3 Å². The maximum Gasteiger partial charge on any atom is 0.417 e.